The Kier molecular flexibility index (Phi) is 7.99. The topological polar surface area (TPSA) is 137 Å². The van der Waals surface area contributed by atoms with E-state index in [4.69, 9.17) is 25.8 Å². The number of carbonyl (C=O) groups excluding carboxylic acids is 2. The number of aromatic nitrogens is 2. The summed E-state index contributed by atoms with van der Waals surface area (Å²) in [6, 6.07) is 17.6. The highest BCUT2D eigenvalue weighted by atomic mass is 35.5. The van der Waals surface area contributed by atoms with Gasteiger partial charge in [-0.1, -0.05) is 36.4 Å². The molecule has 0 bridgehead atoms. The number of esters is 2. The van der Waals surface area contributed by atoms with E-state index in [1.54, 1.807) is 60.7 Å². The van der Waals surface area contributed by atoms with Crippen LogP contribution in [0.5, 0.6) is 0 Å². The van der Waals surface area contributed by atoms with Crippen LogP contribution in [-0.2, 0) is 14.2 Å². The van der Waals surface area contributed by atoms with Crippen molar-refractivity contribution in [3.8, 4) is 0 Å². The molecule has 10 nitrogen and oxygen atoms in total. The van der Waals surface area contributed by atoms with Crippen LogP contribution in [0.1, 0.15) is 33.4 Å². The summed E-state index contributed by atoms with van der Waals surface area (Å²) in [5, 5.41) is 9.60. The SMILES string of the molecule is O=C(OCC1OC(n2ccc(=O)[nH]c2=O)[C@H](Cl)[C@H](O)CC1OC(=O)c1ccccc1)c1ccccc1. The molecule has 0 spiro atoms. The number of H-pyrrole nitrogens is 1. The molecule has 188 valence electrons. The highest BCUT2D eigenvalue weighted by Gasteiger charge is 2.42. The molecule has 1 aliphatic heterocycles. The van der Waals surface area contributed by atoms with Gasteiger partial charge in [0.1, 0.15) is 24.2 Å². The third-order valence-electron chi connectivity index (χ3n) is 5.62. The Morgan fingerprint density at radius 1 is 1.00 bits per heavy atom. The monoisotopic (exact) mass is 514 g/mol. The predicted octanol–water partition coefficient (Wildman–Crippen LogP) is 1.87. The van der Waals surface area contributed by atoms with E-state index < -0.39 is 53.1 Å². The summed E-state index contributed by atoms with van der Waals surface area (Å²) < 4.78 is 18.1. The zero-order chi connectivity index (χ0) is 25.7. The molecule has 1 aromatic heterocycles. The number of halogens is 1. The fourth-order valence-electron chi connectivity index (χ4n) is 3.76. The van der Waals surface area contributed by atoms with Gasteiger partial charge in [0, 0.05) is 18.7 Å². The predicted molar refractivity (Wildman–Crippen MR) is 128 cm³/mol. The zero-order valence-electron chi connectivity index (χ0n) is 18.9. The number of nitrogens with zero attached hydrogens (tertiary/aromatic N) is 1. The summed E-state index contributed by atoms with van der Waals surface area (Å²) in [5.41, 5.74) is -0.871. The van der Waals surface area contributed by atoms with Gasteiger partial charge in [0.25, 0.3) is 5.56 Å². The number of ether oxygens (including phenoxy) is 3. The minimum atomic E-state index is -1.28. The molecule has 5 atom stereocenters. The number of carbonyl (C=O) groups is 2. The molecule has 4 rings (SSSR count). The van der Waals surface area contributed by atoms with Crippen molar-refractivity contribution in [2.45, 2.75) is 36.3 Å². The molecule has 3 aromatic rings. The molecule has 2 heterocycles. The summed E-state index contributed by atoms with van der Waals surface area (Å²) in [6.45, 7) is -0.370. The fourth-order valence-corrected chi connectivity index (χ4v) is 4.05. The molecule has 1 fully saturated rings. The Bertz CT molecular complexity index is 1310. The summed E-state index contributed by atoms with van der Waals surface area (Å²) in [4.78, 5) is 51.3. The van der Waals surface area contributed by atoms with Gasteiger partial charge in [0.2, 0.25) is 0 Å². The van der Waals surface area contributed by atoms with E-state index in [9.17, 15) is 24.3 Å². The molecule has 0 aliphatic carbocycles. The van der Waals surface area contributed by atoms with Crippen LogP contribution in [0.4, 0.5) is 0 Å². The molecule has 1 aliphatic rings. The minimum Gasteiger partial charge on any atom is -0.459 e. The van der Waals surface area contributed by atoms with E-state index >= 15 is 0 Å². The number of hydrogen-bond donors (Lipinski definition) is 2. The van der Waals surface area contributed by atoms with Crippen molar-refractivity contribution in [2.24, 2.45) is 0 Å². The highest BCUT2D eigenvalue weighted by molar-refractivity contribution is 6.21. The smallest absolute Gasteiger partial charge is 0.338 e. The first-order chi connectivity index (χ1) is 17.3. The second-order valence-electron chi connectivity index (χ2n) is 8.10. The van der Waals surface area contributed by atoms with Gasteiger partial charge in [-0.05, 0) is 24.3 Å². The third kappa shape index (κ3) is 5.91. The quantitative estimate of drug-likeness (QED) is 0.376. The van der Waals surface area contributed by atoms with Crippen LogP contribution >= 0.6 is 11.6 Å². The molecule has 0 amide bonds. The zero-order valence-corrected chi connectivity index (χ0v) is 19.6. The molecule has 0 saturated carbocycles. The average molecular weight is 515 g/mol. The number of hydrogen-bond acceptors (Lipinski definition) is 8. The second-order valence-corrected chi connectivity index (χ2v) is 8.61. The van der Waals surface area contributed by atoms with Crippen LogP contribution in [-0.4, -0.2) is 56.9 Å². The van der Waals surface area contributed by atoms with Crippen LogP contribution in [0, 0.1) is 0 Å². The minimum absolute atomic E-state index is 0.158. The molecular formula is C25H23ClN2O8. The Labute approximate surface area is 210 Å². The molecule has 1 saturated heterocycles. The number of benzene rings is 2. The normalized spacial score (nSPS) is 23.9. The van der Waals surface area contributed by atoms with Gasteiger partial charge in [-0.25, -0.2) is 14.4 Å². The summed E-state index contributed by atoms with van der Waals surface area (Å²) >= 11 is 6.45. The lowest BCUT2D eigenvalue weighted by Crippen LogP contribution is -2.41. The Hall–Kier alpha value is -3.73. The fraction of sp³-hybridized carbons (Fsp3) is 0.280. The Morgan fingerprint density at radius 2 is 1.61 bits per heavy atom. The van der Waals surface area contributed by atoms with Gasteiger partial charge in [-0.2, -0.15) is 0 Å². The highest BCUT2D eigenvalue weighted by Crippen LogP contribution is 2.32. The van der Waals surface area contributed by atoms with Gasteiger partial charge in [-0.15, -0.1) is 11.6 Å². The number of aromatic amines is 1. The molecule has 11 heteroatoms. The number of alkyl halides is 1. The van der Waals surface area contributed by atoms with Crippen molar-refractivity contribution in [3.05, 3.63) is 105 Å². The van der Waals surface area contributed by atoms with E-state index in [1.807, 2.05) is 0 Å². The van der Waals surface area contributed by atoms with Crippen molar-refractivity contribution < 1.29 is 28.9 Å². The lowest BCUT2D eigenvalue weighted by Gasteiger charge is -2.28. The lowest BCUT2D eigenvalue weighted by atomic mass is 10.1. The molecule has 0 radical (unpaired) electrons. The van der Waals surface area contributed by atoms with Crippen LogP contribution in [0.3, 0.4) is 0 Å². The van der Waals surface area contributed by atoms with Gasteiger partial charge in [0.05, 0.1) is 17.2 Å². The first-order valence-electron chi connectivity index (χ1n) is 11.1. The van der Waals surface area contributed by atoms with Crippen LogP contribution in [0.25, 0.3) is 0 Å². The van der Waals surface area contributed by atoms with E-state index in [2.05, 4.69) is 4.98 Å². The van der Waals surface area contributed by atoms with Crippen molar-refractivity contribution >= 4 is 23.5 Å². The summed E-state index contributed by atoms with van der Waals surface area (Å²) in [6.07, 6.45) is -3.72. The van der Waals surface area contributed by atoms with E-state index in [1.165, 1.54) is 6.20 Å². The van der Waals surface area contributed by atoms with Crippen molar-refractivity contribution in [1.29, 1.82) is 0 Å². The molecule has 2 aromatic carbocycles. The maximum absolute atomic E-state index is 12.8. The number of nitrogens with one attached hydrogen (secondary N) is 1. The van der Waals surface area contributed by atoms with Crippen LogP contribution in [0.15, 0.2) is 82.5 Å². The number of aliphatic hydroxyl groups excluding tert-OH is 1. The second kappa shape index (κ2) is 11.3. The number of rotatable bonds is 6. The standard InChI is InChI=1S/C25H23ClN2O8/c26-21-17(29)13-18(36-24(32)16-9-5-2-6-10-16)19(14-34-23(31)15-7-3-1-4-8-15)35-22(21)28-12-11-20(30)27-25(28)33/h1-12,17-19,21-22,29H,13-14H2,(H,27,30,33)/t17-,18?,19?,21-,22?/m1/s1. The van der Waals surface area contributed by atoms with Gasteiger partial charge < -0.3 is 19.3 Å². The average Bonchev–Trinajstić information content (AvgIpc) is 3.00. The first-order valence-corrected chi connectivity index (χ1v) is 11.5. The van der Waals surface area contributed by atoms with Crippen molar-refractivity contribution in [3.63, 3.8) is 0 Å². The largest absolute Gasteiger partial charge is 0.459 e. The molecule has 3 unspecified atom stereocenters. The van der Waals surface area contributed by atoms with Crippen LogP contribution in [0.2, 0.25) is 0 Å². The molecule has 2 N–H and O–H groups in total. The van der Waals surface area contributed by atoms with Gasteiger partial charge >= 0.3 is 17.6 Å². The van der Waals surface area contributed by atoms with Crippen LogP contribution < -0.4 is 11.2 Å². The third-order valence-corrected chi connectivity index (χ3v) is 6.13. The summed E-state index contributed by atoms with van der Waals surface area (Å²) in [7, 11) is 0. The van der Waals surface area contributed by atoms with E-state index in [0.717, 1.165) is 10.6 Å². The van der Waals surface area contributed by atoms with Crippen molar-refractivity contribution in [1.82, 2.24) is 9.55 Å². The first kappa shape index (κ1) is 25.4. The Morgan fingerprint density at radius 3 is 2.22 bits per heavy atom. The van der Waals surface area contributed by atoms with E-state index in [0.29, 0.717) is 5.56 Å². The van der Waals surface area contributed by atoms with E-state index in [-0.39, 0.29) is 18.6 Å². The van der Waals surface area contributed by atoms with Crippen molar-refractivity contribution in [2.75, 3.05) is 6.61 Å². The maximum atomic E-state index is 12.8. The number of aliphatic hydroxyl groups is 1. The lowest BCUT2D eigenvalue weighted by molar-refractivity contribution is -0.118. The Balaban J connectivity index is 1.62. The summed E-state index contributed by atoms with van der Waals surface area (Å²) in [5.74, 6) is -1.32. The molecule has 36 heavy (non-hydrogen) atoms. The van der Waals surface area contributed by atoms with Gasteiger partial charge in [-0.3, -0.25) is 14.3 Å². The molecular weight excluding hydrogens is 492 g/mol. The van der Waals surface area contributed by atoms with Gasteiger partial charge in [0.15, 0.2) is 6.23 Å². The maximum Gasteiger partial charge on any atom is 0.338 e.